The number of hydrogen-bond acceptors (Lipinski definition) is 6. The van der Waals surface area contributed by atoms with E-state index in [-0.39, 0.29) is 42.6 Å². The summed E-state index contributed by atoms with van der Waals surface area (Å²) in [6.07, 6.45) is 1.51. The van der Waals surface area contributed by atoms with Crippen molar-refractivity contribution in [3.8, 4) is 11.5 Å². The maximum Gasteiger partial charge on any atom is 0.257 e. The molecule has 2 heterocycles. The molecule has 1 fully saturated rings. The number of carbonyl (C=O) groups is 2. The number of carbonyl (C=O) groups excluding carboxylic acids is 2. The number of benzene rings is 1. The summed E-state index contributed by atoms with van der Waals surface area (Å²) in [6, 6.07) is 7.90. The predicted octanol–water partition coefficient (Wildman–Crippen LogP) is 1.51. The molecule has 0 bridgehead atoms. The number of halogens is 1. The van der Waals surface area contributed by atoms with Crippen molar-refractivity contribution in [2.24, 2.45) is 5.92 Å². The van der Waals surface area contributed by atoms with Gasteiger partial charge < -0.3 is 9.84 Å². The van der Waals surface area contributed by atoms with Gasteiger partial charge in [0, 0.05) is 24.4 Å². The molecule has 7 nitrogen and oxygen atoms in total. The molecule has 0 saturated carbocycles. The Hall–Kier alpha value is -2.25. The van der Waals surface area contributed by atoms with Crippen LogP contribution >= 0.6 is 12.4 Å². The van der Waals surface area contributed by atoms with Crippen LogP contribution in [-0.2, 0) is 22.4 Å². The van der Waals surface area contributed by atoms with Crippen LogP contribution in [0.4, 0.5) is 0 Å². The van der Waals surface area contributed by atoms with Gasteiger partial charge in [-0.3, -0.25) is 14.9 Å². The van der Waals surface area contributed by atoms with Crippen LogP contribution in [0.5, 0.6) is 0 Å². The SMILES string of the molecule is CNC(C)Cc1noc(-c2ccc(CC3CC(=O)NC3=O)cc2)n1.Cl. The van der Waals surface area contributed by atoms with Gasteiger partial charge in [0.2, 0.25) is 11.8 Å². The zero-order chi connectivity index (χ0) is 17.1. The third-order valence-electron chi connectivity index (χ3n) is 4.20. The van der Waals surface area contributed by atoms with Gasteiger partial charge in [-0.1, -0.05) is 17.3 Å². The monoisotopic (exact) mass is 364 g/mol. The molecule has 2 amide bonds. The Morgan fingerprint density at radius 3 is 2.64 bits per heavy atom. The molecule has 0 spiro atoms. The number of rotatable bonds is 6. The van der Waals surface area contributed by atoms with Gasteiger partial charge in [-0.15, -0.1) is 12.4 Å². The fourth-order valence-electron chi connectivity index (χ4n) is 2.67. The summed E-state index contributed by atoms with van der Waals surface area (Å²) in [4.78, 5) is 27.2. The lowest BCUT2D eigenvalue weighted by atomic mass is 9.97. The molecular formula is C17H21ClN4O3. The van der Waals surface area contributed by atoms with E-state index in [9.17, 15) is 9.59 Å². The Bertz CT molecular complexity index is 745. The number of nitrogens with one attached hydrogen (secondary N) is 2. The first-order chi connectivity index (χ1) is 11.5. The first-order valence-electron chi connectivity index (χ1n) is 7.98. The van der Waals surface area contributed by atoms with Crippen LogP contribution < -0.4 is 10.6 Å². The lowest BCUT2D eigenvalue weighted by Crippen LogP contribution is -2.24. The largest absolute Gasteiger partial charge is 0.334 e. The quantitative estimate of drug-likeness (QED) is 0.754. The second-order valence-corrected chi connectivity index (χ2v) is 6.12. The van der Waals surface area contributed by atoms with Gasteiger partial charge >= 0.3 is 0 Å². The molecule has 2 aromatic rings. The van der Waals surface area contributed by atoms with E-state index >= 15 is 0 Å². The van der Waals surface area contributed by atoms with Crippen LogP contribution in [0.2, 0.25) is 0 Å². The highest BCUT2D eigenvalue weighted by molar-refractivity contribution is 6.03. The molecule has 1 aromatic heterocycles. The van der Waals surface area contributed by atoms with E-state index in [0.29, 0.717) is 24.6 Å². The molecule has 2 unspecified atom stereocenters. The summed E-state index contributed by atoms with van der Waals surface area (Å²) in [7, 11) is 1.89. The molecule has 1 saturated heterocycles. The molecule has 0 radical (unpaired) electrons. The molecule has 2 atom stereocenters. The second kappa shape index (κ2) is 8.22. The fraction of sp³-hybridized carbons (Fsp3) is 0.412. The summed E-state index contributed by atoms with van der Waals surface area (Å²) < 4.78 is 5.30. The Morgan fingerprint density at radius 1 is 1.32 bits per heavy atom. The summed E-state index contributed by atoms with van der Waals surface area (Å²) in [6.45, 7) is 2.05. The molecule has 25 heavy (non-hydrogen) atoms. The van der Waals surface area contributed by atoms with Gasteiger partial charge in [0.15, 0.2) is 5.82 Å². The van der Waals surface area contributed by atoms with Crippen molar-refractivity contribution in [2.75, 3.05) is 7.05 Å². The van der Waals surface area contributed by atoms with Crippen molar-refractivity contribution >= 4 is 24.2 Å². The minimum absolute atomic E-state index is 0. The van der Waals surface area contributed by atoms with Crippen LogP contribution in [0.15, 0.2) is 28.8 Å². The molecule has 1 aliphatic heterocycles. The van der Waals surface area contributed by atoms with Crippen LogP contribution in [0.25, 0.3) is 11.5 Å². The Morgan fingerprint density at radius 2 is 2.04 bits per heavy atom. The van der Waals surface area contributed by atoms with E-state index in [1.165, 1.54) is 0 Å². The van der Waals surface area contributed by atoms with E-state index in [1.807, 2.05) is 31.3 Å². The first-order valence-corrected chi connectivity index (χ1v) is 7.98. The highest BCUT2D eigenvalue weighted by Gasteiger charge is 2.30. The lowest BCUT2D eigenvalue weighted by molar-refractivity contribution is -0.125. The number of aromatic nitrogens is 2. The van der Waals surface area contributed by atoms with E-state index in [1.54, 1.807) is 0 Å². The van der Waals surface area contributed by atoms with Gasteiger partial charge in [0.05, 0.1) is 5.92 Å². The van der Waals surface area contributed by atoms with Crippen LogP contribution in [-0.4, -0.2) is 35.0 Å². The number of hydrogen-bond donors (Lipinski definition) is 2. The van der Waals surface area contributed by atoms with Crippen molar-refractivity contribution in [3.05, 3.63) is 35.7 Å². The maximum absolute atomic E-state index is 11.6. The molecule has 1 aliphatic rings. The Kier molecular flexibility index (Phi) is 6.27. The Balaban J connectivity index is 0.00000225. The average Bonchev–Trinajstić information content (AvgIpc) is 3.15. The smallest absolute Gasteiger partial charge is 0.257 e. The second-order valence-electron chi connectivity index (χ2n) is 6.12. The molecule has 134 valence electrons. The van der Waals surface area contributed by atoms with Crippen LogP contribution in [0.3, 0.4) is 0 Å². The van der Waals surface area contributed by atoms with E-state index in [0.717, 1.165) is 11.1 Å². The minimum Gasteiger partial charge on any atom is -0.334 e. The Labute approximate surface area is 152 Å². The van der Waals surface area contributed by atoms with E-state index < -0.39 is 0 Å². The van der Waals surface area contributed by atoms with Crippen molar-refractivity contribution in [2.45, 2.75) is 32.2 Å². The molecule has 2 N–H and O–H groups in total. The third-order valence-corrected chi connectivity index (χ3v) is 4.20. The van der Waals surface area contributed by atoms with Crippen molar-refractivity contribution < 1.29 is 14.1 Å². The molecule has 3 rings (SSSR count). The topological polar surface area (TPSA) is 97.1 Å². The standard InChI is InChI=1S/C17H20N4O3.ClH/c1-10(18-2)7-14-19-17(24-21-14)12-5-3-11(4-6-12)8-13-9-15(22)20-16(13)23;/h3-6,10,13,18H,7-9H2,1-2H3,(H,20,22,23);1H. The summed E-state index contributed by atoms with van der Waals surface area (Å²) in [5, 5.41) is 9.45. The van der Waals surface area contributed by atoms with Crippen LogP contribution in [0.1, 0.15) is 24.7 Å². The summed E-state index contributed by atoms with van der Waals surface area (Å²) >= 11 is 0. The van der Waals surface area contributed by atoms with Crippen molar-refractivity contribution in [1.82, 2.24) is 20.8 Å². The van der Waals surface area contributed by atoms with Gasteiger partial charge in [0.25, 0.3) is 5.89 Å². The highest BCUT2D eigenvalue weighted by Crippen LogP contribution is 2.21. The highest BCUT2D eigenvalue weighted by atomic mass is 35.5. The summed E-state index contributed by atoms with van der Waals surface area (Å²) in [5.74, 6) is 0.479. The zero-order valence-electron chi connectivity index (χ0n) is 14.1. The van der Waals surface area contributed by atoms with Crippen LogP contribution in [0, 0.1) is 5.92 Å². The molecule has 1 aromatic carbocycles. The number of nitrogens with zero attached hydrogens (tertiary/aromatic N) is 2. The van der Waals surface area contributed by atoms with Gasteiger partial charge in [-0.2, -0.15) is 4.98 Å². The van der Waals surface area contributed by atoms with Gasteiger partial charge in [-0.25, -0.2) is 0 Å². The average molecular weight is 365 g/mol. The molecule has 8 heteroatoms. The minimum atomic E-state index is -0.276. The summed E-state index contributed by atoms with van der Waals surface area (Å²) in [5.41, 5.74) is 1.83. The van der Waals surface area contributed by atoms with E-state index in [2.05, 4.69) is 27.7 Å². The van der Waals surface area contributed by atoms with Crippen molar-refractivity contribution in [3.63, 3.8) is 0 Å². The first kappa shape index (κ1) is 19.1. The number of likely N-dealkylation sites (N-methyl/N-ethyl adjacent to an activating group) is 1. The number of amides is 2. The lowest BCUT2D eigenvalue weighted by Gasteiger charge is -2.06. The maximum atomic E-state index is 11.6. The van der Waals surface area contributed by atoms with Crippen molar-refractivity contribution in [1.29, 1.82) is 0 Å². The van der Waals surface area contributed by atoms with Gasteiger partial charge in [0.1, 0.15) is 0 Å². The predicted molar refractivity (Wildman–Crippen MR) is 94.2 cm³/mol. The number of imide groups is 1. The molecular weight excluding hydrogens is 344 g/mol. The van der Waals surface area contributed by atoms with Gasteiger partial charge in [-0.05, 0) is 38.1 Å². The normalized spacial score (nSPS) is 17.9. The van der Waals surface area contributed by atoms with E-state index in [4.69, 9.17) is 4.52 Å². The molecule has 0 aliphatic carbocycles. The third kappa shape index (κ3) is 4.64. The fourth-order valence-corrected chi connectivity index (χ4v) is 2.67. The zero-order valence-corrected chi connectivity index (χ0v) is 14.9.